The molecule has 0 radical (unpaired) electrons. The smallest absolute Gasteiger partial charge is 0.335 e. The second-order valence-corrected chi connectivity index (χ2v) is 7.80. The van der Waals surface area contributed by atoms with Crippen LogP contribution in [-0.4, -0.2) is 44.2 Å². The Hall–Kier alpha value is -1.25. The molecule has 1 saturated heterocycles. The van der Waals surface area contributed by atoms with Crippen molar-refractivity contribution in [1.82, 2.24) is 4.72 Å². The highest BCUT2D eigenvalue weighted by molar-refractivity contribution is 8.00. The Kier molecular flexibility index (Phi) is 5.13. The molecule has 0 spiro atoms. The Morgan fingerprint density at radius 1 is 1.52 bits per heavy atom. The summed E-state index contributed by atoms with van der Waals surface area (Å²) in [4.78, 5) is 10.8. The quantitative estimate of drug-likeness (QED) is 0.822. The minimum Gasteiger partial charge on any atom is -0.495 e. The van der Waals surface area contributed by atoms with E-state index >= 15 is 0 Å². The van der Waals surface area contributed by atoms with E-state index in [0.717, 1.165) is 24.7 Å². The van der Waals surface area contributed by atoms with E-state index in [9.17, 15) is 13.2 Å². The zero-order chi connectivity index (χ0) is 15.5. The SMILES string of the molecule is COc1ccc(C(=O)O)cc1S(=O)(=O)NCC1CCCS1. The molecule has 1 atom stereocenters. The van der Waals surface area contributed by atoms with Crippen LogP contribution in [0.3, 0.4) is 0 Å². The molecule has 2 rings (SSSR count). The Balaban J connectivity index is 2.24. The molecule has 0 amide bonds. The van der Waals surface area contributed by atoms with Gasteiger partial charge in [-0.25, -0.2) is 17.9 Å². The molecule has 1 unspecified atom stereocenters. The predicted molar refractivity (Wildman–Crippen MR) is 80.6 cm³/mol. The van der Waals surface area contributed by atoms with Gasteiger partial charge in [0.15, 0.2) is 0 Å². The van der Waals surface area contributed by atoms with Crippen LogP contribution in [0.15, 0.2) is 23.1 Å². The fourth-order valence-corrected chi connectivity index (χ4v) is 4.69. The van der Waals surface area contributed by atoms with Gasteiger partial charge in [0.1, 0.15) is 10.6 Å². The summed E-state index contributed by atoms with van der Waals surface area (Å²) >= 11 is 1.74. The van der Waals surface area contributed by atoms with E-state index in [-0.39, 0.29) is 21.5 Å². The Labute approximate surface area is 127 Å². The summed E-state index contributed by atoms with van der Waals surface area (Å²) in [7, 11) is -2.45. The molecule has 0 saturated carbocycles. The van der Waals surface area contributed by atoms with Crippen molar-refractivity contribution in [2.45, 2.75) is 23.0 Å². The van der Waals surface area contributed by atoms with Crippen molar-refractivity contribution in [3.63, 3.8) is 0 Å². The first-order valence-electron chi connectivity index (χ1n) is 6.46. The van der Waals surface area contributed by atoms with Gasteiger partial charge in [0.25, 0.3) is 0 Å². The zero-order valence-corrected chi connectivity index (χ0v) is 13.2. The van der Waals surface area contributed by atoms with Gasteiger partial charge in [0, 0.05) is 11.8 Å². The Bertz CT molecular complexity index is 623. The minimum absolute atomic E-state index is 0.0913. The number of carboxylic acids is 1. The second kappa shape index (κ2) is 6.67. The minimum atomic E-state index is -3.80. The molecule has 1 aliphatic heterocycles. The van der Waals surface area contributed by atoms with Crippen molar-refractivity contribution in [3.8, 4) is 5.75 Å². The first kappa shape index (κ1) is 16.1. The van der Waals surface area contributed by atoms with Gasteiger partial charge in [-0.2, -0.15) is 11.8 Å². The summed E-state index contributed by atoms with van der Waals surface area (Å²) in [5.41, 5.74) is -0.0913. The highest BCUT2D eigenvalue weighted by atomic mass is 32.2. The molecule has 6 nitrogen and oxygen atoms in total. The van der Waals surface area contributed by atoms with Gasteiger partial charge >= 0.3 is 5.97 Å². The number of benzene rings is 1. The zero-order valence-electron chi connectivity index (χ0n) is 11.5. The van der Waals surface area contributed by atoms with E-state index in [4.69, 9.17) is 9.84 Å². The molecule has 2 N–H and O–H groups in total. The van der Waals surface area contributed by atoms with Gasteiger partial charge in [-0.3, -0.25) is 0 Å². The maximum absolute atomic E-state index is 12.4. The largest absolute Gasteiger partial charge is 0.495 e. The first-order chi connectivity index (χ1) is 9.94. The third kappa shape index (κ3) is 3.90. The average Bonchev–Trinajstić information content (AvgIpc) is 2.98. The lowest BCUT2D eigenvalue weighted by molar-refractivity contribution is 0.0696. The van der Waals surface area contributed by atoms with Gasteiger partial charge in [0.2, 0.25) is 10.0 Å². The van der Waals surface area contributed by atoms with Gasteiger partial charge in [-0.15, -0.1) is 0 Å². The van der Waals surface area contributed by atoms with Crippen LogP contribution in [0, 0.1) is 0 Å². The molecular formula is C13H17NO5S2. The predicted octanol–water partition coefficient (Wildman–Crippen LogP) is 1.57. The molecule has 1 fully saturated rings. The van der Waals surface area contributed by atoms with Gasteiger partial charge < -0.3 is 9.84 Å². The normalized spacial score (nSPS) is 18.6. The lowest BCUT2D eigenvalue weighted by Gasteiger charge is -2.13. The number of rotatable bonds is 6. The Morgan fingerprint density at radius 2 is 2.29 bits per heavy atom. The lowest BCUT2D eigenvalue weighted by Crippen LogP contribution is -2.30. The van der Waals surface area contributed by atoms with Crippen LogP contribution in [0.5, 0.6) is 5.75 Å². The van der Waals surface area contributed by atoms with Gasteiger partial charge in [-0.1, -0.05) is 0 Å². The van der Waals surface area contributed by atoms with E-state index in [1.807, 2.05) is 0 Å². The first-order valence-corrected chi connectivity index (χ1v) is 9.00. The number of carboxylic acid groups (broad SMARTS) is 1. The highest BCUT2D eigenvalue weighted by Gasteiger charge is 2.24. The number of aromatic carboxylic acids is 1. The van der Waals surface area contributed by atoms with Crippen molar-refractivity contribution in [2.75, 3.05) is 19.4 Å². The van der Waals surface area contributed by atoms with Crippen molar-refractivity contribution < 1.29 is 23.1 Å². The van der Waals surface area contributed by atoms with Crippen molar-refractivity contribution in [2.24, 2.45) is 0 Å². The number of sulfonamides is 1. The van der Waals surface area contributed by atoms with Crippen LogP contribution >= 0.6 is 11.8 Å². The van der Waals surface area contributed by atoms with Crippen LogP contribution in [-0.2, 0) is 10.0 Å². The summed E-state index contributed by atoms with van der Waals surface area (Å²) in [5.74, 6) is -0.00320. The second-order valence-electron chi connectivity index (χ2n) is 4.66. The summed E-state index contributed by atoms with van der Waals surface area (Å²) in [5, 5.41) is 9.25. The lowest BCUT2D eigenvalue weighted by atomic mass is 10.2. The molecule has 1 aromatic carbocycles. The Morgan fingerprint density at radius 3 is 2.86 bits per heavy atom. The topological polar surface area (TPSA) is 92.7 Å². The van der Waals surface area contributed by atoms with Gasteiger partial charge in [-0.05, 0) is 36.8 Å². The van der Waals surface area contributed by atoms with E-state index in [0.29, 0.717) is 6.54 Å². The number of carbonyl (C=O) groups is 1. The summed E-state index contributed by atoms with van der Waals surface area (Å²) < 4.78 is 32.3. The van der Waals surface area contributed by atoms with Crippen LogP contribution < -0.4 is 9.46 Å². The standard InChI is InChI=1S/C13H17NO5S2/c1-19-11-5-4-9(13(15)16)7-12(11)21(17,18)14-8-10-3-2-6-20-10/h4-5,7,10,14H,2-3,6,8H2,1H3,(H,15,16). The third-order valence-electron chi connectivity index (χ3n) is 3.23. The van der Waals surface area contributed by atoms with E-state index in [1.54, 1.807) is 11.8 Å². The number of thioether (sulfide) groups is 1. The number of hydrogen-bond donors (Lipinski definition) is 2. The number of ether oxygens (including phenoxy) is 1. The molecule has 1 heterocycles. The molecule has 1 aliphatic rings. The average molecular weight is 331 g/mol. The fraction of sp³-hybridized carbons (Fsp3) is 0.462. The maximum atomic E-state index is 12.4. The summed E-state index contributed by atoms with van der Waals surface area (Å²) in [6, 6.07) is 3.78. The number of methoxy groups -OCH3 is 1. The fourth-order valence-electron chi connectivity index (χ4n) is 2.11. The van der Waals surface area contributed by atoms with Crippen molar-refractivity contribution >= 4 is 27.8 Å². The maximum Gasteiger partial charge on any atom is 0.335 e. The molecular weight excluding hydrogens is 314 g/mol. The van der Waals surface area contributed by atoms with Crippen LogP contribution in [0.1, 0.15) is 23.2 Å². The van der Waals surface area contributed by atoms with Crippen LogP contribution in [0.25, 0.3) is 0 Å². The van der Waals surface area contributed by atoms with E-state index in [1.165, 1.54) is 19.2 Å². The summed E-state index contributed by atoms with van der Waals surface area (Å²) in [6.45, 7) is 0.341. The molecule has 0 bridgehead atoms. The van der Waals surface area contributed by atoms with Gasteiger partial charge in [0.05, 0.1) is 12.7 Å². The molecule has 1 aromatic rings. The number of hydrogen-bond acceptors (Lipinski definition) is 5. The number of nitrogens with one attached hydrogen (secondary N) is 1. The van der Waals surface area contributed by atoms with Crippen molar-refractivity contribution in [3.05, 3.63) is 23.8 Å². The molecule has 0 aromatic heterocycles. The van der Waals surface area contributed by atoms with E-state index < -0.39 is 16.0 Å². The monoisotopic (exact) mass is 331 g/mol. The molecule has 0 aliphatic carbocycles. The van der Waals surface area contributed by atoms with E-state index in [2.05, 4.69) is 4.72 Å². The van der Waals surface area contributed by atoms with Crippen molar-refractivity contribution in [1.29, 1.82) is 0 Å². The molecule has 116 valence electrons. The third-order valence-corrected chi connectivity index (χ3v) is 6.07. The molecule has 8 heteroatoms. The summed E-state index contributed by atoms with van der Waals surface area (Å²) in [6.07, 6.45) is 2.08. The van der Waals surface area contributed by atoms with Crippen LogP contribution in [0.2, 0.25) is 0 Å². The highest BCUT2D eigenvalue weighted by Crippen LogP contribution is 2.27. The molecule has 21 heavy (non-hydrogen) atoms. The van der Waals surface area contributed by atoms with Crippen LogP contribution in [0.4, 0.5) is 0 Å².